The van der Waals surface area contributed by atoms with Crippen molar-refractivity contribution in [3.05, 3.63) is 59.7 Å². The number of hydrogen-bond acceptors (Lipinski definition) is 4. The number of aliphatic hydroxyl groups is 1. The van der Waals surface area contributed by atoms with E-state index in [2.05, 4.69) is 40.8 Å². The van der Waals surface area contributed by atoms with E-state index < -0.39 is 0 Å². The zero-order valence-corrected chi connectivity index (χ0v) is 13.4. The molecule has 0 aliphatic rings. The van der Waals surface area contributed by atoms with E-state index in [1.54, 1.807) is 0 Å². The summed E-state index contributed by atoms with van der Waals surface area (Å²) in [5, 5.41) is 9.65. The summed E-state index contributed by atoms with van der Waals surface area (Å²) in [6.45, 7) is 5.82. The molecule has 0 saturated carbocycles. The number of aliphatic hydroxyl groups excluding tert-OH is 1. The molecule has 0 aromatic carbocycles. The van der Waals surface area contributed by atoms with Crippen LogP contribution in [0.3, 0.4) is 0 Å². The van der Waals surface area contributed by atoms with Crippen LogP contribution < -0.4 is 0 Å². The minimum absolute atomic E-state index is 0.120. The Labute approximate surface area is 132 Å². The molecule has 4 heteroatoms. The molecule has 0 amide bonds. The topological polar surface area (TPSA) is 49.2 Å². The minimum atomic E-state index is 0.120. The fourth-order valence-corrected chi connectivity index (χ4v) is 2.48. The summed E-state index contributed by atoms with van der Waals surface area (Å²) in [7, 11) is 0. The van der Waals surface area contributed by atoms with Gasteiger partial charge in [-0.05, 0) is 36.6 Å². The Bertz CT molecular complexity index is 538. The lowest BCUT2D eigenvalue weighted by molar-refractivity contribution is 0.104. The molecule has 0 aliphatic carbocycles. The van der Waals surface area contributed by atoms with Gasteiger partial charge in [0, 0.05) is 31.5 Å². The average molecular weight is 299 g/mol. The van der Waals surface area contributed by atoms with Gasteiger partial charge in [-0.3, -0.25) is 14.9 Å². The van der Waals surface area contributed by atoms with E-state index in [1.165, 1.54) is 5.56 Å². The Balaban J connectivity index is 2.12. The quantitative estimate of drug-likeness (QED) is 0.814. The van der Waals surface area contributed by atoms with Crippen LogP contribution in [0.5, 0.6) is 0 Å². The van der Waals surface area contributed by atoms with Gasteiger partial charge in [-0.25, -0.2) is 0 Å². The molecular formula is C18H25N3O. The van der Waals surface area contributed by atoms with Gasteiger partial charge in [-0.1, -0.05) is 26.0 Å². The predicted octanol–water partition coefficient (Wildman–Crippen LogP) is 2.81. The zero-order valence-electron chi connectivity index (χ0n) is 13.4. The molecule has 0 aliphatic heterocycles. The highest BCUT2D eigenvalue weighted by Gasteiger charge is 2.17. The van der Waals surface area contributed by atoms with E-state index in [4.69, 9.17) is 0 Å². The van der Waals surface area contributed by atoms with Crippen molar-refractivity contribution in [2.45, 2.75) is 45.8 Å². The second kappa shape index (κ2) is 8.61. The smallest absolute Gasteiger partial charge is 0.0587 e. The maximum absolute atomic E-state index is 9.65. The molecule has 1 N–H and O–H groups in total. The van der Waals surface area contributed by atoms with Crippen LogP contribution in [0.25, 0.3) is 0 Å². The van der Waals surface area contributed by atoms with Crippen LogP contribution >= 0.6 is 0 Å². The molecule has 0 fully saturated rings. The summed E-state index contributed by atoms with van der Waals surface area (Å²) >= 11 is 0. The van der Waals surface area contributed by atoms with Crippen LogP contribution in [-0.2, 0) is 19.5 Å². The predicted molar refractivity (Wildman–Crippen MR) is 88.3 cm³/mol. The van der Waals surface area contributed by atoms with E-state index in [0.717, 1.165) is 37.3 Å². The Morgan fingerprint density at radius 2 is 1.82 bits per heavy atom. The summed E-state index contributed by atoms with van der Waals surface area (Å²) in [6.07, 6.45) is 5.64. The van der Waals surface area contributed by atoms with Crippen molar-refractivity contribution in [2.75, 3.05) is 6.61 Å². The summed E-state index contributed by atoms with van der Waals surface area (Å²) in [4.78, 5) is 11.2. The van der Waals surface area contributed by atoms with Crippen molar-refractivity contribution in [1.29, 1.82) is 0 Å². The van der Waals surface area contributed by atoms with Crippen molar-refractivity contribution in [2.24, 2.45) is 0 Å². The number of aryl methyl sites for hydroxylation is 1. The van der Waals surface area contributed by atoms with E-state index in [-0.39, 0.29) is 12.6 Å². The fraction of sp³-hybridized carbons (Fsp3) is 0.444. The third-order valence-corrected chi connectivity index (χ3v) is 3.95. The monoisotopic (exact) mass is 299 g/mol. The molecule has 2 rings (SSSR count). The summed E-state index contributed by atoms with van der Waals surface area (Å²) in [5.41, 5.74) is 3.29. The van der Waals surface area contributed by atoms with Gasteiger partial charge in [-0.15, -0.1) is 0 Å². The van der Waals surface area contributed by atoms with Gasteiger partial charge >= 0.3 is 0 Å². The second-order valence-corrected chi connectivity index (χ2v) is 5.48. The SMILES string of the molecule is CCc1ccc(CN(Cc2ccccn2)[C@H](CC)CO)nc1. The molecule has 0 bridgehead atoms. The molecule has 2 heterocycles. The lowest BCUT2D eigenvalue weighted by atomic mass is 10.1. The van der Waals surface area contributed by atoms with Crippen LogP contribution in [0.4, 0.5) is 0 Å². The average Bonchev–Trinajstić information content (AvgIpc) is 2.57. The van der Waals surface area contributed by atoms with E-state index in [1.807, 2.05) is 30.6 Å². The molecule has 22 heavy (non-hydrogen) atoms. The molecule has 2 aromatic rings. The number of rotatable bonds is 8. The number of pyridine rings is 2. The largest absolute Gasteiger partial charge is 0.395 e. The normalized spacial score (nSPS) is 12.5. The maximum Gasteiger partial charge on any atom is 0.0587 e. The maximum atomic E-state index is 9.65. The van der Waals surface area contributed by atoms with Crippen molar-refractivity contribution in [1.82, 2.24) is 14.9 Å². The Kier molecular flexibility index (Phi) is 6.49. The molecule has 118 valence electrons. The Hall–Kier alpha value is -1.78. The summed E-state index contributed by atoms with van der Waals surface area (Å²) < 4.78 is 0. The van der Waals surface area contributed by atoms with Gasteiger partial charge in [0.2, 0.25) is 0 Å². The van der Waals surface area contributed by atoms with Crippen LogP contribution in [-0.4, -0.2) is 32.6 Å². The van der Waals surface area contributed by atoms with Crippen molar-refractivity contribution >= 4 is 0 Å². The van der Waals surface area contributed by atoms with E-state index in [0.29, 0.717) is 0 Å². The number of hydrogen-bond donors (Lipinski definition) is 1. The molecule has 2 aromatic heterocycles. The van der Waals surface area contributed by atoms with Gasteiger partial charge < -0.3 is 5.11 Å². The molecule has 0 radical (unpaired) electrons. The van der Waals surface area contributed by atoms with E-state index >= 15 is 0 Å². The molecular weight excluding hydrogens is 274 g/mol. The van der Waals surface area contributed by atoms with Gasteiger partial charge in [-0.2, -0.15) is 0 Å². The highest BCUT2D eigenvalue weighted by Crippen LogP contribution is 2.13. The summed E-state index contributed by atoms with van der Waals surface area (Å²) in [5.74, 6) is 0. The van der Waals surface area contributed by atoms with Gasteiger partial charge in [0.05, 0.1) is 18.0 Å². The van der Waals surface area contributed by atoms with Gasteiger partial charge in [0.1, 0.15) is 0 Å². The first kappa shape index (κ1) is 16.6. The summed E-state index contributed by atoms with van der Waals surface area (Å²) in [6, 6.07) is 10.3. The lowest BCUT2D eigenvalue weighted by Crippen LogP contribution is -2.37. The van der Waals surface area contributed by atoms with Crippen LogP contribution in [0.1, 0.15) is 37.2 Å². The standard InChI is InChI=1S/C18H25N3O/c1-3-15-8-9-17(20-11-15)13-21(18(4-2)14-22)12-16-7-5-6-10-19-16/h5-11,18,22H,3-4,12-14H2,1-2H3/t18-/m1/s1. The fourth-order valence-electron chi connectivity index (χ4n) is 2.48. The molecule has 4 nitrogen and oxygen atoms in total. The van der Waals surface area contributed by atoms with Crippen LogP contribution in [0.2, 0.25) is 0 Å². The first-order valence-electron chi connectivity index (χ1n) is 7.95. The first-order valence-corrected chi connectivity index (χ1v) is 7.95. The molecule has 1 atom stereocenters. The van der Waals surface area contributed by atoms with Gasteiger partial charge in [0.25, 0.3) is 0 Å². The van der Waals surface area contributed by atoms with Crippen molar-refractivity contribution in [3.63, 3.8) is 0 Å². The molecule has 0 spiro atoms. The Morgan fingerprint density at radius 1 is 1.05 bits per heavy atom. The molecule has 0 unspecified atom stereocenters. The van der Waals surface area contributed by atoms with E-state index in [9.17, 15) is 5.11 Å². The van der Waals surface area contributed by atoms with Crippen LogP contribution in [0, 0.1) is 0 Å². The van der Waals surface area contributed by atoms with Gasteiger partial charge in [0.15, 0.2) is 0 Å². The highest BCUT2D eigenvalue weighted by molar-refractivity contribution is 5.14. The first-order chi connectivity index (χ1) is 10.8. The lowest BCUT2D eigenvalue weighted by Gasteiger charge is -2.29. The van der Waals surface area contributed by atoms with Crippen LogP contribution in [0.15, 0.2) is 42.7 Å². The highest BCUT2D eigenvalue weighted by atomic mass is 16.3. The number of nitrogens with zero attached hydrogens (tertiary/aromatic N) is 3. The minimum Gasteiger partial charge on any atom is -0.395 e. The third-order valence-electron chi connectivity index (χ3n) is 3.95. The van der Waals surface area contributed by atoms with Crippen molar-refractivity contribution in [3.8, 4) is 0 Å². The Morgan fingerprint density at radius 3 is 2.32 bits per heavy atom. The zero-order chi connectivity index (χ0) is 15.8. The second-order valence-electron chi connectivity index (χ2n) is 5.48. The molecule has 0 saturated heterocycles. The number of aromatic nitrogens is 2. The van der Waals surface area contributed by atoms with Crippen molar-refractivity contribution < 1.29 is 5.11 Å². The third kappa shape index (κ3) is 4.61.